The molecule has 1 aromatic rings. The SMILES string of the molecule is O=S(=O)(N(c1ncccc1Cl)S(=O)(=O)C(F)(F)F)C(F)(F)F. The van der Waals surface area contributed by atoms with Gasteiger partial charge in [-0.2, -0.15) is 43.2 Å². The smallest absolute Gasteiger partial charge is 0.236 e. The van der Waals surface area contributed by atoms with Crippen molar-refractivity contribution < 1.29 is 43.2 Å². The second-order valence-corrected chi connectivity index (χ2v) is 7.60. The van der Waals surface area contributed by atoms with E-state index in [0.717, 1.165) is 6.07 Å². The van der Waals surface area contributed by atoms with Crippen LogP contribution >= 0.6 is 11.6 Å². The van der Waals surface area contributed by atoms with Crippen LogP contribution in [0.2, 0.25) is 5.02 Å². The fourth-order valence-electron chi connectivity index (χ4n) is 1.06. The number of pyridine rings is 1. The average Bonchev–Trinajstić information content (AvgIpc) is 2.28. The Morgan fingerprint density at radius 3 is 1.68 bits per heavy atom. The lowest BCUT2D eigenvalue weighted by Crippen LogP contribution is -2.49. The van der Waals surface area contributed by atoms with Gasteiger partial charge >= 0.3 is 31.1 Å². The van der Waals surface area contributed by atoms with Gasteiger partial charge in [0.25, 0.3) is 0 Å². The fraction of sp³-hybridized carbons (Fsp3) is 0.286. The molecule has 0 aliphatic heterocycles. The Balaban J connectivity index is 3.83. The van der Waals surface area contributed by atoms with Crippen LogP contribution in [0.25, 0.3) is 0 Å². The van der Waals surface area contributed by atoms with E-state index >= 15 is 0 Å². The van der Waals surface area contributed by atoms with Crippen LogP contribution in [-0.4, -0.2) is 32.8 Å². The highest BCUT2D eigenvalue weighted by Gasteiger charge is 2.62. The number of hydrogen-bond acceptors (Lipinski definition) is 5. The summed E-state index contributed by atoms with van der Waals surface area (Å²) in [6, 6.07) is 1.60. The molecule has 1 heterocycles. The second kappa shape index (κ2) is 5.42. The lowest BCUT2D eigenvalue weighted by Gasteiger charge is -2.25. The van der Waals surface area contributed by atoms with E-state index in [2.05, 4.69) is 4.98 Å². The van der Waals surface area contributed by atoms with Crippen LogP contribution in [0.1, 0.15) is 0 Å². The Labute approximate surface area is 124 Å². The Bertz CT molecular complexity index is 729. The predicted octanol–water partition coefficient (Wildman–Crippen LogP) is 2.24. The number of nitrogens with zero attached hydrogens (tertiary/aromatic N) is 2. The van der Waals surface area contributed by atoms with Crippen molar-refractivity contribution in [2.45, 2.75) is 11.0 Å². The summed E-state index contributed by atoms with van der Waals surface area (Å²) in [6.45, 7) is 0. The van der Waals surface area contributed by atoms with Crippen LogP contribution in [0, 0.1) is 0 Å². The first kappa shape index (κ1) is 18.8. The molecule has 0 saturated carbocycles. The number of sulfonamides is 2. The number of alkyl halides is 6. The number of rotatable bonds is 3. The third-order valence-electron chi connectivity index (χ3n) is 1.93. The molecular formula is C7H3ClF6N2O4S2. The molecule has 0 radical (unpaired) electrons. The minimum atomic E-state index is -6.98. The average molecular weight is 393 g/mol. The summed E-state index contributed by atoms with van der Waals surface area (Å²) in [6.07, 6.45) is 0.562. The third kappa shape index (κ3) is 3.08. The maximum absolute atomic E-state index is 12.5. The molecule has 6 nitrogen and oxygen atoms in total. The van der Waals surface area contributed by atoms with Gasteiger partial charge in [-0.15, -0.1) is 3.71 Å². The largest absolute Gasteiger partial charge is 0.517 e. The number of anilines is 1. The monoisotopic (exact) mass is 392 g/mol. The molecule has 1 aromatic heterocycles. The van der Waals surface area contributed by atoms with Gasteiger partial charge < -0.3 is 0 Å². The molecule has 0 aliphatic carbocycles. The van der Waals surface area contributed by atoms with Gasteiger partial charge in [-0.3, -0.25) is 0 Å². The van der Waals surface area contributed by atoms with E-state index in [1.807, 2.05) is 0 Å². The first-order valence-corrected chi connectivity index (χ1v) is 7.93. The Hall–Kier alpha value is -1.28. The van der Waals surface area contributed by atoms with E-state index in [1.165, 1.54) is 0 Å². The molecule has 22 heavy (non-hydrogen) atoms. The quantitative estimate of drug-likeness (QED) is 0.737. The van der Waals surface area contributed by atoms with E-state index in [1.54, 1.807) is 0 Å². The van der Waals surface area contributed by atoms with Crippen molar-refractivity contribution in [1.82, 2.24) is 4.98 Å². The summed E-state index contributed by atoms with van der Waals surface area (Å²) in [5, 5.41) is -1.05. The Morgan fingerprint density at radius 2 is 1.36 bits per heavy atom. The highest BCUT2D eigenvalue weighted by Crippen LogP contribution is 2.39. The second-order valence-electron chi connectivity index (χ2n) is 3.41. The zero-order chi connectivity index (χ0) is 17.6. The van der Waals surface area contributed by atoms with E-state index in [0.29, 0.717) is 12.3 Å². The topological polar surface area (TPSA) is 84.4 Å². The summed E-state index contributed by atoms with van der Waals surface area (Å²) in [5.74, 6) is -1.75. The van der Waals surface area contributed by atoms with Crippen molar-refractivity contribution >= 4 is 37.5 Å². The molecule has 0 saturated heterocycles. The molecule has 0 atom stereocenters. The highest BCUT2D eigenvalue weighted by atomic mass is 35.5. The lowest BCUT2D eigenvalue weighted by atomic mass is 10.5. The molecule has 0 N–H and O–H groups in total. The molecule has 0 amide bonds. The van der Waals surface area contributed by atoms with Gasteiger partial charge in [0, 0.05) is 6.20 Å². The standard InChI is InChI=1S/C7H3ClF6N2O4S2/c8-4-2-1-3-15-5(4)16(21(17,18)6(9,10)11)22(19,20)7(12,13)14/h1-3H. The zero-order valence-corrected chi connectivity index (χ0v) is 12.1. The number of halogens is 7. The minimum absolute atomic E-state index is 0.562. The molecule has 1 rings (SSSR count). The summed E-state index contributed by atoms with van der Waals surface area (Å²) in [4.78, 5) is 2.87. The van der Waals surface area contributed by atoms with Crippen LogP contribution in [-0.2, 0) is 20.0 Å². The molecule has 0 spiro atoms. The molecule has 126 valence electrons. The van der Waals surface area contributed by atoms with Crippen molar-refractivity contribution in [2.75, 3.05) is 3.71 Å². The number of hydrogen-bond donors (Lipinski definition) is 0. The molecular weight excluding hydrogens is 390 g/mol. The van der Waals surface area contributed by atoms with Crippen molar-refractivity contribution in [2.24, 2.45) is 0 Å². The molecule has 0 fully saturated rings. The van der Waals surface area contributed by atoms with Crippen molar-refractivity contribution in [3.8, 4) is 0 Å². The highest BCUT2D eigenvalue weighted by molar-refractivity contribution is 8.11. The summed E-state index contributed by atoms with van der Waals surface area (Å²) < 4.78 is 118. The summed E-state index contributed by atoms with van der Waals surface area (Å²) in [5.41, 5.74) is -12.7. The summed E-state index contributed by atoms with van der Waals surface area (Å²) >= 11 is 5.26. The first-order valence-electron chi connectivity index (χ1n) is 4.67. The normalized spacial score (nSPS) is 14.0. The van der Waals surface area contributed by atoms with E-state index < -0.39 is 45.6 Å². The molecule has 0 unspecified atom stereocenters. The van der Waals surface area contributed by atoms with Crippen molar-refractivity contribution in [1.29, 1.82) is 0 Å². The van der Waals surface area contributed by atoms with E-state index in [4.69, 9.17) is 11.6 Å². The Morgan fingerprint density at radius 1 is 0.955 bits per heavy atom. The Kier molecular flexibility index (Phi) is 4.62. The summed E-state index contributed by atoms with van der Waals surface area (Å²) in [7, 11) is -14.0. The van der Waals surface area contributed by atoms with Gasteiger partial charge in [0.2, 0.25) is 0 Å². The van der Waals surface area contributed by atoms with Crippen LogP contribution in [0.3, 0.4) is 0 Å². The maximum atomic E-state index is 12.5. The van der Waals surface area contributed by atoms with Gasteiger partial charge in [0.05, 0.1) is 5.02 Å². The van der Waals surface area contributed by atoms with Crippen molar-refractivity contribution in [3.63, 3.8) is 0 Å². The van der Waals surface area contributed by atoms with Gasteiger partial charge in [-0.05, 0) is 12.1 Å². The third-order valence-corrected chi connectivity index (χ3v) is 5.80. The minimum Gasteiger partial charge on any atom is -0.236 e. The van der Waals surface area contributed by atoms with Crippen molar-refractivity contribution in [3.05, 3.63) is 23.4 Å². The predicted molar refractivity (Wildman–Crippen MR) is 61.7 cm³/mol. The molecule has 0 bridgehead atoms. The lowest BCUT2D eigenvalue weighted by molar-refractivity contribution is -0.0462. The molecule has 15 heteroatoms. The molecule has 0 aliphatic rings. The number of aromatic nitrogens is 1. The van der Waals surface area contributed by atoms with Crippen LogP contribution in [0.15, 0.2) is 18.3 Å². The molecule has 0 aromatic carbocycles. The maximum Gasteiger partial charge on any atom is 0.517 e. The van der Waals surface area contributed by atoms with Gasteiger partial charge in [-0.1, -0.05) is 11.6 Å². The van der Waals surface area contributed by atoms with Gasteiger partial charge in [-0.25, -0.2) is 4.98 Å². The first-order chi connectivity index (χ1) is 9.64. The van der Waals surface area contributed by atoms with Crippen LogP contribution in [0.5, 0.6) is 0 Å². The zero-order valence-electron chi connectivity index (χ0n) is 9.72. The van der Waals surface area contributed by atoms with Gasteiger partial charge in [0.1, 0.15) is 0 Å². The van der Waals surface area contributed by atoms with Gasteiger partial charge in [0.15, 0.2) is 5.82 Å². The van der Waals surface area contributed by atoms with Crippen LogP contribution in [0.4, 0.5) is 32.2 Å². The van der Waals surface area contributed by atoms with Crippen LogP contribution < -0.4 is 3.71 Å². The van der Waals surface area contributed by atoms with E-state index in [9.17, 15) is 43.2 Å². The van der Waals surface area contributed by atoms with E-state index in [-0.39, 0.29) is 0 Å². The fourth-order valence-corrected chi connectivity index (χ4v) is 4.03.